The van der Waals surface area contributed by atoms with Crippen LogP contribution in [0, 0.1) is 5.92 Å². The summed E-state index contributed by atoms with van der Waals surface area (Å²) in [6, 6.07) is -0.900. The molecule has 1 rings (SSSR count). The van der Waals surface area contributed by atoms with Crippen molar-refractivity contribution in [2.45, 2.75) is 26.3 Å². The fourth-order valence-electron chi connectivity index (χ4n) is 2.08. The van der Waals surface area contributed by atoms with Gasteiger partial charge in [0, 0.05) is 25.6 Å². The molecule has 7 nitrogen and oxygen atoms in total. The van der Waals surface area contributed by atoms with E-state index in [1.165, 1.54) is 4.90 Å². The molecule has 0 aromatic carbocycles. The number of nitrogens with zero attached hydrogens (tertiary/aromatic N) is 1. The molecule has 1 heterocycles. The Morgan fingerprint density at radius 2 is 2.26 bits per heavy atom. The van der Waals surface area contributed by atoms with Crippen molar-refractivity contribution in [3.8, 4) is 0 Å². The number of hydrogen-bond donors (Lipinski definition) is 3. The number of rotatable bonds is 6. The van der Waals surface area contributed by atoms with Crippen LogP contribution in [0.2, 0.25) is 0 Å². The lowest BCUT2D eigenvalue weighted by Gasteiger charge is -2.35. The minimum Gasteiger partial charge on any atom is -0.481 e. The van der Waals surface area contributed by atoms with Crippen molar-refractivity contribution in [2.24, 2.45) is 5.92 Å². The standard InChI is InChI=1S/C12H21N3O4/c1-3-13-7-8(2)12(19)15-5-4-14-11(18)9(15)6-10(16)17/h8-9,13H,3-7H2,1-2H3,(H,14,18)(H,16,17). The van der Waals surface area contributed by atoms with Crippen LogP contribution in [0.5, 0.6) is 0 Å². The van der Waals surface area contributed by atoms with Crippen molar-refractivity contribution in [1.82, 2.24) is 15.5 Å². The van der Waals surface area contributed by atoms with Crippen LogP contribution in [0.3, 0.4) is 0 Å². The zero-order valence-electron chi connectivity index (χ0n) is 11.3. The molecule has 0 bridgehead atoms. The summed E-state index contributed by atoms with van der Waals surface area (Å²) in [6.45, 7) is 5.73. The summed E-state index contributed by atoms with van der Waals surface area (Å²) in [7, 11) is 0. The number of carboxylic acid groups (broad SMARTS) is 1. The Kier molecular flexibility index (Phi) is 5.75. The molecule has 1 aliphatic rings. The SMILES string of the molecule is CCNCC(C)C(=O)N1CCNC(=O)C1CC(=O)O. The third kappa shape index (κ3) is 4.20. The number of aliphatic carboxylic acids is 1. The molecule has 0 saturated carbocycles. The van der Waals surface area contributed by atoms with E-state index in [9.17, 15) is 14.4 Å². The number of piperazine rings is 1. The maximum absolute atomic E-state index is 12.3. The first-order chi connectivity index (χ1) is 8.97. The molecule has 2 amide bonds. The number of nitrogens with one attached hydrogen (secondary N) is 2. The number of carboxylic acids is 1. The Balaban J connectivity index is 2.73. The molecule has 1 fully saturated rings. The van der Waals surface area contributed by atoms with Gasteiger partial charge in [-0.2, -0.15) is 0 Å². The van der Waals surface area contributed by atoms with Crippen molar-refractivity contribution < 1.29 is 19.5 Å². The van der Waals surface area contributed by atoms with E-state index in [0.29, 0.717) is 19.6 Å². The quantitative estimate of drug-likeness (QED) is 0.577. The molecule has 7 heteroatoms. The van der Waals surface area contributed by atoms with Crippen LogP contribution in [-0.2, 0) is 14.4 Å². The van der Waals surface area contributed by atoms with E-state index >= 15 is 0 Å². The van der Waals surface area contributed by atoms with Gasteiger partial charge in [-0.1, -0.05) is 13.8 Å². The van der Waals surface area contributed by atoms with Gasteiger partial charge in [0.2, 0.25) is 11.8 Å². The van der Waals surface area contributed by atoms with Crippen LogP contribution in [-0.4, -0.2) is 60.0 Å². The molecular formula is C12H21N3O4. The van der Waals surface area contributed by atoms with Gasteiger partial charge in [-0.3, -0.25) is 14.4 Å². The van der Waals surface area contributed by atoms with Crippen LogP contribution in [0.4, 0.5) is 0 Å². The van der Waals surface area contributed by atoms with Crippen molar-refractivity contribution >= 4 is 17.8 Å². The normalized spacial score (nSPS) is 20.8. The summed E-state index contributed by atoms with van der Waals surface area (Å²) in [5.41, 5.74) is 0. The lowest BCUT2D eigenvalue weighted by atomic mass is 10.0. The van der Waals surface area contributed by atoms with Crippen LogP contribution in [0.15, 0.2) is 0 Å². The number of carbonyl (C=O) groups is 3. The van der Waals surface area contributed by atoms with Crippen LogP contribution in [0.25, 0.3) is 0 Å². The maximum Gasteiger partial charge on any atom is 0.305 e. The smallest absolute Gasteiger partial charge is 0.305 e. The molecule has 2 atom stereocenters. The Morgan fingerprint density at radius 3 is 2.84 bits per heavy atom. The third-order valence-corrected chi connectivity index (χ3v) is 3.10. The molecule has 19 heavy (non-hydrogen) atoms. The minimum atomic E-state index is -1.08. The summed E-state index contributed by atoms with van der Waals surface area (Å²) in [5, 5.41) is 14.5. The lowest BCUT2D eigenvalue weighted by Crippen LogP contribution is -2.59. The number of carbonyl (C=O) groups excluding carboxylic acids is 2. The van der Waals surface area contributed by atoms with E-state index in [1.54, 1.807) is 6.92 Å². The Bertz CT molecular complexity index is 359. The average molecular weight is 271 g/mol. The van der Waals surface area contributed by atoms with Gasteiger partial charge in [0.15, 0.2) is 0 Å². The van der Waals surface area contributed by atoms with Crippen molar-refractivity contribution in [1.29, 1.82) is 0 Å². The summed E-state index contributed by atoms with van der Waals surface area (Å²) in [5.74, 6) is -1.93. The second-order valence-corrected chi connectivity index (χ2v) is 4.65. The Morgan fingerprint density at radius 1 is 1.58 bits per heavy atom. The predicted octanol–water partition coefficient (Wildman–Crippen LogP) is -0.966. The fraction of sp³-hybridized carbons (Fsp3) is 0.750. The Labute approximate surface area is 112 Å². The highest BCUT2D eigenvalue weighted by molar-refractivity contribution is 5.92. The lowest BCUT2D eigenvalue weighted by molar-refractivity contribution is -0.150. The van der Waals surface area contributed by atoms with Crippen molar-refractivity contribution in [3.05, 3.63) is 0 Å². The highest BCUT2D eigenvalue weighted by Crippen LogP contribution is 2.13. The van der Waals surface area contributed by atoms with Crippen molar-refractivity contribution in [2.75, 3.05) is 26.2 Å². The summed E-state index contributed by atoms with van der Waals surface area (Å²) < 4.78 is 0. The first-order valence-corrected chi connectivity index (χ1v) is 6.48. The van der Waals surface area contributed by atoms with E-state index in [-0.39, 0.29) is 18.2 Å². The summed E-state index contributed by atoms with van der Waals surface area (Å²) >= 11 is 0. The highest BCUT2D eigenvalue weighted by atomic mass is 16.4. The molecule has 0 spiro atoms. The number of hydrogen-bond acceptors (Lipinski definition) is 4. The molecule has 2 unspecified atom stereocenters. The van der Waals surface area contributed by atoms with Crippen LogP contribution < -0.4 is 10.6 Å². The first kappa shape index (κ1) is 15.4. The van der Waals surface area contributed by atoms with Gasteiger partial charge in [0.05, 0.1) is 6.42 Å². The zero-order valence-corrected chi connectivity index (χ0v) is 11.3. The second-order valence-electron chi connectivity index (χ2n) is 4.65. The van der Waals surface area contributed by atoms with E-state index in [0.717, 1.165) is 6.54 Å². The van der Waals surface area contributed by atoms with Gasteiger partial charge in [-0.25, -0.2) is 0 Å². The van der Waals surface area contributed by atoms with Crippen molar-refractivity contribution in [3.63, 3.8) is 0 Å². The van der Waals surface area contributed by atoms with E-state index in [4.69, 9.17) is 5.11 Å². The molecule has 3 N–H and O–H groups in total. The van der Waals surface area contributed by atoms with E-state index in [2.05, 4.69) is 10.6 Å². The van der Waals surface area contributed by atoms with Crippen LogP contribution in [0.1, 0.15) is 20.3 Å². The maximum atomic E-state index is 12.3. The molecule has 1 aliphatic heterocycles. The van der Waals surface area contributed by atoms with Gasteiger partial charge < -0.3 is 20.6 Å². The third-order valence-electron chi connectivity index (χ3n) is 3.10. The predicted molar refractivity (Wildman–Crippen MR) is 68.5 cm³/mol. The molecule has 0 aromatic heterocycles. The number of amides is 2. The minimum absolute atomic E-state index is 0.179. The average Bonchev–Trinajstić information content (AvgIpc) is 2.37. The summed E-state index contributed by atoms with van der Waals surface area (Å²) in [6.07, 6.45) is -0.356. The Hall–Kier alpha value is -1.63. The fourth-order valence-corrected chi connectivity index (χ4v) is 2.08. The monoisotopic (exact) mass is 271 g/mol. The zero-order chi connectivity index (χ0) is 14.4. The summed E-state index contributed by atoms with van der Waals surface area (Å²) in [4.78, 5) is 36.1. The molecule has 108 valence electrons. The largest absolute Gasteiger partial charge is 0.481 e. The molecule has 0 aliphatic carbocycles. The molecule has 1 saturated heterocycles. The van der Waals surface area contributed by atoms with Gasteiger partial charge in [-0.15, -0.1) is 0 Å². The molecule has 0 aromatic rings. The van der Waals surface area contributed by atoms with E-state index in [1.807, 2.05) is 6.92 Å². The van der Waals surface area contributed by atoms with E-state index < -0.39 is 17.9 Å². The van der Waals surface area contributed by atoms with Crippen LogP contribution >= 0.6 is 0 Å². The highest BCUT2D eigenvalue weighted by Gasteiger charge is 2.36. The van der Waals surface area contributed by atoms with Gasteiger partial charge in [0.25, 0.3) is 0 Å². The van der Waals surface area contributed by atoms with Gasteiger partial charge >= 0.3 is 5.97 Å². The topological polar surface area (TPSA) is 98.7 Å². The molecular weight excluding hydrogens is 250 g/mol. The first-order valence-electron chi connectivity index (χ1n) is 6.48. The van der Waals surface area contributed by atoms with Gasteiger partial charge in [-0.05, 0) is 6.54 Å². The van der Waals surface area contributed by atoms with Gasteiger partial charge in [0.1, 0.15) is 6.04 Å². The molecule has 0 radical (unpaired) electrons. The second kappa shape index (κ2) is 7.08.